The van der Waals surface area contributed by atoms with Gasteiger partial charge >= 0.3 is 0 Å². The van der Waals surface area contributed by atoms with Crippen molar-refractivity contribution >= 4 is 11.8 Å². The Kier molecular flexibility index (Phi) is 7.64. The molecule has 4 N–H and O–H groups in total. The number of rotatable bonds is 8. The minimum absolute atomic E-state index is 0.162. The first kappa shape index (κ1) is 19.9. The van der Waals surface area contributed by atoms with Crippen molar-refractivity contribution in [2.45, 2.75) is 46.6 Å². The molecule has 0 aliphatic rings. The van der Waals surface area contributed by atoms with E-state index in [0.717, 1.165) is 6.42 Å². The highest BCUT2D eigenvalue weighted by Gasteiger charge is 2.22. The standard InChI is InChI=1S/C17H27N3O4/c1-10(2)6-8-24-13-5-7-19-14(15(13)21)17(23)20-16(22)12(18)9-11(3)4/h5,7,10-12,21H,6,8-9,18H2,1-4H3,(H,20,22,23)/t12-/m0/s1. The summed E-state index contributed by atoms with van der Waals surface area (Å²) in [5.41, 5.74) is 5.47. The fraction of sp³-hybridized carbons (Fsp3) is 0.588. The first-order chi connectivity index (χ1) is 11.2. The van der Waals surface area contributed by atoms with Crippen molar-refractivity contribution in [1.82, 2.24) is 10.3 Å². The Morgan fingerprint density at radius 1 is 1.29 bits per heavy atom. The van der Waals surface area contributed by atoms with Crippen molar-refractivity contribution in [1.29, 1.82) is 0 Å². The highest BCUT2D eigenvalue weighted by molar-refractivity contribution is 6.06. The van der Waals surface area contributed by atoms with Gasteiger partial charge in [-0.3, -0.25) is 14.9 Å². The molecule has 1 atom stereocenters. The summed E-state index contributed by atoms with van der Waals surface area (Å²) in [5, 5.41) is 12.3. The minimum atomic E-state index is -0.800. The lowest BCUT2D eigenvalue weighted by Gasteiger charge is -2.14. The van der Waals surface area contributed by atoms with E-state index in [9.17, 15) is 14.7 Å². The van der Waals surface area contributed by atoms with Crippen molar-refractivity contribution < 1.29 is 19.4 Å². The molecule has 0 radical (unpaired) electrons. The van der Waals surface area contributed by atoms with Gasteiger partial charge in [-0.1, -0.05) is 27.7 Å². The zero-order chi connectivity index (χ0) is 18.3. The van der Waals surface area contributed by atoms with Crippen LogP contribution in [0, 0.1) is 11.8 Å². The third-order valence-electron chi connectivity index (χ3n) is 3.35. The maximum atomic E-state index is 12.1. The summed E-state index contributed by atoms with van der Waals surface area (Å²) >= 11 is 0. The zero-order valence-corrected chi connectivity index (χ0v) is 14.7. The van der Waals surface area contributed by atoms with Crippen molar-refractivity contribution in [3.63, 3.8) is 0 Å². The summed E-state index contributed by atoms with van der Waals surface area (Å²) in [4.78, 5) is 27.9. The number of carbonyl (C=O) groups is 2. The van der Waals surface area contributed by atoms with Gasteiger partial charge in [-0.05, 0) is 24.7 Å². The van der Waals surface area contributed by atoms with Gasteiger partial charge in [0.05, 0.1) is 12.6 Å². The number of aromatic nitrogens is 1. The van der Waals surface area contributed by atoms with Crippen molar-refractivity contribution in [3.8, 4) is 11.5 Å². The molecule has 0 saturated heterocycles. The van der Waals surface area contributed by atoms with Crippen molar-refractivity contribution in [2.75, 3.05) is 6.61 Å². The van der Waals surface area contributed by atoms with Gasteiger partial charge in [0, 0.05) is 12.3 Å². The maximum absolute atomic E-state index is 12.1. The van der Waals surface area contributed by atoms with Crippen LogP contribution in [-0.4, -0.2) is 34.6 Å². The van der Waals surface area contributed by atoms with E-state index in [2.05, 4.69) is 24.1 Å². The number of nitrogens with two attached hydrogens (primary N) is 1. The minimum Gasteiger partial charge on any atom is -0.503 e. The first-order valence-corrected chi connectivity index (χ1v) is 8.13. The van der Waals surface area contributed by atoms with Crippen LogP contribution in [0.1, 0.15) is 51.0 Å². The van der Waals surface area contributed by atoms with Crippen LogP contribution in [-0.2, 0) is 4.79 Å². The van der Waals surface area contributed by atoms with E-state index in [1.807, 2.05) is 13.8 Å². The number of carbonyl (C=O) groups excluding carboxylic acids is 2. The molecule has 134 valence electrons. The summed E-state index contributed by atoms with van der Waals surface area (Å²) in [6.07, 6.45) is 2.61. The molecule has 0 aliphatic heterocycles. The summed E-state index contributed by atoms with van der Waals surface area (Å²) in [6, 6.07) is 0.681. The third kappa shape index (κ3) is 6.16. The molecule has 1 aromatic heterocycles. The first-order valence-electron chi connectivity index (χ1n) is 8.13. The van der Waals surface area contributed by atoms with Crippen LogP contribution < -0.4 is 15.8 Å². The normalized spacial score (nSPS) is 12.3. The molecule has 0 aliphatic carbocycles. The lowest BCUT2D eigenvalue weighted by atomic mass is 10.0. The van der Waals surface area contributed by atoms with Gasteiger partial charge in [-0.2, -0.15) is 0 Å². The second-order valence-electron chi connectivity index (χ2n) is 6.59. The molecular formula is C17H27N3O4. The van der Waals surface area contributed by atoms with Gasteiger partial charge in [-0.25, -0.2) is 4.98 Å². The predicted octanol–water partition coefficient (Wildman–Crippen LogP) is 1.84. The predicted molar refractivity (Wildman–Crippen MR) is 90.8 cm³/mol. The van der Waals surface area contributed by atoms with Crippen molar-refractivity contribution in [3.05, 3.63) is 18.0 Å². The number of nitrogens with one attached hydrogen (secondary N) is 1. The summed E-state index contributed by atoms with van der Waals surface area (Å²) in [6.45, 7) is 8.39. The smallest absolute Gasteiger partial charge is 0.280 e. The molecule has 24 heavy (non-hydrogen) atoms. The number of nitrogens with zero attached hydrogens (tertiary/aromatic N) is 1. The molecule has 7 heteroatoms. The molecule has 1 heterocycles. The Labute approximate surface area is 142 Å². The van der Waals surface area contributed by atoms with Crippen LogP contribution in [0.15, 0.2) is 12.3 Å². The Morgan fingerprint density at radius 3 is 2.54 bits per heavy atom. The van der Waals surface area contributed by atoms with Crippen LogP contribution in [0.2, 0.25) is 0 Å². The average Bonchev–Trinajstić information content (AvgIpc) is 2.47. The second-order valence-corrected chi connectivity index (χ2v) is 6.59. The average molecular weight is 337 g/mol. The van der Waals surface area contributed by atoms with Crippen LogP contribution in [0.25, 0.3) is 0 Å². The van der Waals surface area contributed by atoms with Gasteiger partial charge in [-0.15, -0.1) is 0 Å². The second kappa shape index (κ2) is 9.22. The molecule has 2 amide bonds. The molecular weight excluding hydrogens is 310 g/mol. The van der Waals surface area contributed by atoms with E-state index in [1.165, 1.54) is 12.3 Å². The molecule has 0 aromatic carbocycles. The van der Waals surface area contributed by atoms with Gasteiger partial charge in [0.15, 0.2) is 17.2 Å². The third-order valence-corrected chi connectivity index (χ3v) is 3.35. The fourth-order valence-electron chi connectivity index (χ4n) is 2.00. The molecule has 1 aromatic rings. The lowest BCUT2D eigenvalue weighted by molar-refractivity contribution is -0.121. The van der Waals surface area contributed by atoms with Gasteiger partial charge in [0.2, 0.25) is 5.91 Å². The Bertz CT molecular complexity index is 573. The number of aromatic hydroxyl groups is 1. The van der Waals surface area contributed by atoms with Gasteiger partial charge in [0.1, 0.15) is 0 Å². The number of pyridine rings is 1. The molecule has 0 fully saturated rings. The molecule has 0 saturated carbocycles. The monoisotopic (exact) mass is 337 g/mol. The largest absolute Gasteiger partial charge is 0.503 e. The fourth-order valence-corrected chi connectivity index (χ4v) is 2.00. The van der Waals surface area contributed by atoms with E-state index in [4.69, 9.17) is 10.5 Å². The van der Waals surface area contributed by atoms with Crippen LogP contribution >= 0.6 is 0 Å². The maximum Gasteiger partial charge on any atom is 0.280 e. The number of ether oxygens (including phenoxy) is 1. The lowest BCUT2D eigenvalue weighted by Crippen LogP contribution is -2.44. The van der Waals surface area contributed by atoms with Crippen molar-refractivity contribution in [2.24, 2.45) is 17.6 Å². The summed E-state index contributed by atoms with van der Waals surface area (Å²) in [7, 11) is 0. The van der Waals surface area contributed by atoms with Gasteiger partial charge < -0.3 is 15.6 Å². The van der Waals surface area contributed by atoms with E-state index in [-0.39, 0.29) is 23.1 Å². The molecule has 1 rings (SSSR count). The topological polar surface area (TPSA) is 115 Å². The molecule has 0 bridgehead atoms. The highest BCUT2D eigenvalue weighted by atomic mass is 16.5. The van der Waals surface area contributed by atoms with E-state index >= 15 is 0 Å². The van der Waals surface area contributed by atoms with E-state index in [1.54, 1.807) is 0 Å². The summed E-state index contributed by atoms with van der Waals surface area (Å²) < 4.78 is 5.46. The van der Waals surface area contributed by atoms with E-state index < -0.39 is 17.9 Å². The highest BCUT2D eigenvalue weighted by Crippen LogP contribution is 2.28. The van der Waals surface area contributed by atoms with Crippen LogP contribution in [0.4, 0.5) is 0 Å². The SMILES string of the molecule is CC(C)CCOc1ccnc(C(=O)NC(=O)[C@@H](N)CC(C)C)c1O. The number of amides is 2. The zero-order valence-electron chi connectivity index (χ0n) is 14.7. The summed E-state index contributed by atoms with van der Waals surface area (Å²) in [5.74, 6) is -0.937. The molecule has 7 nitrogen and oxygen atoms in total. The number of hydrogen-bond donors (Lipinski definition) is 3. The molecule has 0 unspecified atom stereocenters. The Hall–Kier alpha value is -2.15. The van der Waals surface area contributed by atoms with E-state index in [0.29, 0.717) is 18.9 Å². The number of imide groups is 1. The Balaban J connectivity index is 2.75. The number of hydrogen-bond acceptors (Lipinski definition) is 6. The van der Waals surface area contributed by atoms with Crippen LogP contribution in [0.5, 0.6) is 11.5 Å². The van der Waals surface area contributed by atoms with Crippen LogP contribution in [0.3, 0.4) is 0 Å². The quantitative estimate of drug-likeness (QED) is 0.667. The Morgan fingerprint density at radius 2 is 1.96 bits per heavy atom. The van der Waals surface area contributed by atoms with Gasteiger partial charge in [0.25, 0.3) is 5.91 Å². The molecule has 0 spiro atoms.